The van der Waals surface area contributed by atoms with Crippen LogP contribution in [0, 0.1) is 0 Å². The molecule has 0 aliphatic heterocycles. The Balaban J connectivity index is 2.89. The lowest BCUT2D eigenvalue weighted by molar-refractivity contribution is -0.142. The van der Waals surface area contributed by atoms with Gasteiger partial charge in [0, 0.05) is 14.1 Å². The normalized spacial score (nSPS) is 11.7. The first kappa shape index (κ1) is 15.0. The minimum Gasteiger partial charge on any atom is -0.465 e. The van der Waals surface area contributed by atoms with Crippen molar-refractivity contribution >= 4 is 34.3 Å². The Bertz CT molecular complexity index is 407. The highest BCUT2D eigenvalue weighted by atomic mass is 32.2. The molecule has 1 unspecified atom stereocenters. The molecule has 0 heterocycles. The summed E-state index contributed by atoms with van der Waals surface area (Å²) in [7, 11) is 3.73. The highest BCUT2D eigenvalue weighted by molar-refractivity contribution is 8.23. The summed E-state index contributed by atoms with van der Waals surface area (Å²) in [4.78, 5) is 13.8. The predicted octanol–water partition coefficient (Wildman–Crippen LogP) is 2.87. The molecule has 3 nitrogen and oxygen atoms in total. The molecule has 0 aliphatic carbocycles. The average molecular weight is 283 g/mol. The lowest BCUT2D eigenvalue weighted by Gasteiger charge is -2.19. The Morgan fingerprint density at radius 3 is 2.50 bits per heavy atom. The van der Waals surface area contributed by atoms with E-state index in [1.165, 1.54) is 11.8 Å². The molecule has 0 amide bonds. The third-order valence-electron chi connectivity index (χ3n) is 2.19. The van der Waals surface area contributed by atoms with E-state index >= 15 is 0 Å². The highest BCUT2D eigenvalue weighted by Crippen LogP contribution is 2.31. The van der Waals surface area contributed by atoms with Gasteiger partial charge in [-0.05, 0) is 12.5 Å². The first-order valence-electron chi connectivity index (χ1n) is 5.65. The Hall–Kier alpha value is -1.07. The number of thioether (sulfide) groups is 1. The summed E-state index contributed by atoms with van der Waals surface area (Å²) in [5, 5.41) is -0.402. The number of ether oxygens (including phenoxy) is 1. The zero-order chi connectivity index (χ0) is 13.5. The van der Waals surface area contributed by atoms with Crippen molar-refractivity contribution in [3.05, 3.63) is 35.9 Å². The van der Waals surface area contributed by atoms with Gasteiger partial charge >= 0.3 is 5.97 Å². The molecule has 1 aromatic rings. The number of rotatable bonds is 4. The molecular weight excluding hydrogens is 266 g/mol. The van der Waals surface area contributed by atoms with E-state index in [4.69, 9.17) is 17.0 Å². The van der Waals surface area contributed by atoms with Crippen molar-refractivity contribution in [3.63, 3.8) is 0 Å². The van der Waals surface area contributed by atoms with Gasteiger partial charge in [0.1, 0.15) is 9.57 Å². The number of benzene rings is 1. The molecule has 0 saturated heterocycles. The Morgan fingerprint density at radius 2 is 2.00 bits per heavy atom. The van der Waals surface area contributed by atoms with Gasteiger partial charge in [0.15, 0.2) is 0 Å². The van der Waals surface area contributed by atoms with Crippen LogP contribution in [0.2, 0.25) is 0 Å². The summed E-state index contributed by atoms with van der Waals surface area (Å²) in [5.74, 6) is -0.252. The molecule has 98 valence electrons. The number of esters is 1. The fraction of sp³-hybridized carbons (Fsp3) is 0.385. The van der Waals surface area contributed by atoms with Crippen molar-refractivity contribution in [2.45, 2.75) is 12.2 Å². The van der Waals surface area contributed by atoms with Gasteiger partial charge in [-0.1, -0.05) is 54.3 Å². The van der Waals surface area contributed by atoms with Crippen LogP contribution < -0.4 is 0 Å². The maximum absolute atomic E-state index is 12.0. The summed E-state index contributed by atoms with van der Waals surface area (Å²) >= 11 is 6.58. The lowest BCUT2D eigenvalue weighted by Crippen LogP contribution is -2.21. The summed E-state index contributed by atoms with van der Waals surface area (Å²) in [6.07, 6.45) is 0. The molecule has 0 spiro atoms. The number of thiocarbonyl (C=S) groups is 1. The van der Waals surface area contributed by atoms with Gasteiger partial charge in [-0.15, -0.1) is 0 Å². The van der Waals surface area contributed by atoms with E-state index in [0.717, 1.165) is 5.56 Å². The molecule has 1 aromatic carbocycles. The molecule has 0 aliphatic rings. The number of nitrogens with zero attached hydrogens (tertiary/aromatic N) is 1. The third-order valence-corrected chi connectivity index (χ3v) is 4.11. The largest absolute Gasteiger partial charge is 0.465 e. The number of carbonyl (C=O) groups excluding carboxylic acids is 1. The number of hydrogen-bond donors (Lipinski definition) is 0. The van der Waals surface area contributed by atoms with Crippen molar-refractivity contribution in [1.29, 1.82) is 0 Å². The van der Waals surface area contributed by atoms with Gasteiger partial charge in [-0.25, -0.2) is 0 Å². The average Bonchev–Trinajstić information content (AvgIpc) is 2.36. The fourth-order valence-electron chi connectivity index (χ4n) is 1.30. The molecule has 0 aromatic heterocycles. The summed E-state index contributed by atoms with van der Waals surface area (Å²) in [5.41, 5.74) is 0.908. The van der Waals surface area contributed by atoms with Crippen molar-refractivity contribution in [2.75, 3.05) is 20.7 Å². The molecule has 1 atom stereocenters. The van der Waals surface area contributed by atoms with Crippen LogP contribution in [-0.2, 0) is 9.53 Å². The van der Waals surface area contributed by atoms with Crippen LogP contribution in [0.4, 0.5) is 0 Å². The van der Waals surface area contributed by atoms with Gasteiger partial charge in [0.2, 0.25) is 0 Å². The second-order valence-electron chi connectivity index (χ2n) is 3.82. The summed E-state index contributed by atoms with van der Waals surface area (Å²) in [6.45, 7) is 2.17. The van der Waals surface area contributed by atoms with Gasteiger partial charge in [-0.3, -0.25) is 4.79 Å². The minimum atomic E-state index is -0.402. The first-order valence-corrected chi connectivity index (χ1v) is 6.94. The predicted molar refractivity (Wildman–Crippen MR) is 79.7 cm³/mol. The maximum Gasteiger partial charge on any atom is 0.324 e. The Kier molecular flexibility index (Phi) is 6.15. The van der Waals surface area contributed by atoms with E-state index in [1.807, 2.05) is 49.3 Å². The monoisotopic (exact) mass is 283 g/mol. The SMILES string of the molecule is CCOC(=O)C(SC(=S)N(C)C)c1ccccc1. The third kappa shape index (κ3) is 4.31. The second-order valence-corrected chi connectivity index (χ2v) is 5.56. The van der Waals surface area contributed by atoms with Crippen LogP contribution in [0.3, 0.4) is 0 Å². The molecule has 0 radical (unpaired) electrons. The molecule has 0 fully saturated rings. The van der Waals surface area contributed by atoms with Gasteiger partial charge in [-0.2, -0.15) is 0 Å². The van der Waals surface area contributed by atoms with E-state index in [1.54, 1.807) is 6.92 Å². The fourth-order valence-corrected chi connectivity index (χ4v) is 2.46. The van der Waals surface area contributed by atoms with Crippen LogP contribution in [0.15, 0.2) is 30.3 Å². The topological polar surface area (TPSA) is 29.5 Å². The first-order chi connectivity index (χ1) is 8.56. The smallest absolute Gasteiger partial charge is 0.324 e. The number of hydrogen-bond acceptors (Lipinski definition) is 4. The molecule has 1 rings (SSSR count). The van der Waals surface area contributed by atoms with Gasteiger partial charge in [0.25, 0.3) is 0 Å². The zero-order valence-electron chi connectivity index (χ0n) is 10.8. The molecular formula is C13H17NO2S2. The van der Waals surface area contributed by atoms with Crippen LogP contribution in [0.1, 0.15) is 17.7 Å². The quantitative estimate of drug-likeness (QED) is 0.626. The maximum atomic E-state index is 12.0. The van der Waals surface area contributed by atoms with Crippen molar-refractivity contribution in [1.82, 2.24) is 4.90 Å². The Morgan fingerprint density at radius 1 is 1.39 bits per heavy atom. The van der Waals surface area contributed by atoms with Gasteiger partial charge in [0.05, 0.1) is 6.61 Å². The zero-order valence-corrected chi connectivity index (χ0v) is 12.4. The van der Waals surface area contributed by atoms with Crippen LogP contribution in [0.5, 0.6) is 0 Å². The van der Waals surface area contributed by atoms with Crippen molar-refractivity contribution < 1.29 is 9.53 Å². The van der Waals surface area contributed by atoms with Gasteiger partial charge < -0.3 is 9.64 Å². The van der Waals surface area contributed by atoms with E-state index in [0.29, 0.717) is 10.9 Å². The Labute approximate surface area is 118 Å². The summed E-state index contributed by atoms with van der Waals surface area (Å²) < 4.78 is 5.76. The second kappa shape index (κ2) is 7.38. The van der Waals surface area contributed by atoms with E-state index in [9.17, 15) is 4.79 Å². The summed E-state index contributed by atoms with van der Waals surface area (Å²) in [6, 6.07) is 9.54. The molecule has 0 saturated carbocycles. The van der Waals surface area contributed by atoms with E-state index in [-0.39, 0.29) is 5.97 Å². The van der Waals surface area contributed by atoms with E-state index in [2.05, 4.69) is 0 Å². The van der Waals surface area contributed by atoms with Crippen LogP contribution in [0.25, 0.3) is 0 Å². The minimum absolute atomic E-state index is 0.252. The van der Waals surface area contributed by atoms with E-state index < -0.39 is 5.25 Å². The molecule has 18 heavy (non-hydrogen) atoms. The van der Waals surface area contributed by atoms with Crippen LogP contribution >= 0.6 is 24.0 Å². The molecule has 5 heteroatoms. The lowest BCUT2D eigenvalue weighted by atomic mass is 10.1. The standard InChI is InChI=1S/C13H17NO2S2/c1-4-16-12(15)11(18-13(17)14(2)3)10-8-6-5-7-9-10/h5-9,11H,4H2,1-3H3. The molecule has 0 bridgehead atoms. The molecule has 0 N–H and O–H groups in total. The highest BCUT2D eigenvalue weighted by Gasteiger charge is 2.24. The van der Waals surface area contributed by atoms with Crippen molar-refractivity contribution in [3.8, 4) is 0 Å². The number of carbonyl (C=O) groups is 1. The van der Waals surface area contributed by atoms with Crippen molar-refractivity contribution in [2.24, 2.45) is 0 Å². The van der Waals surface area contributed by atoms with Crippen LogP contribution in [-0.4, -0.2) is 35.9 Å².